The molecule has 178 valence electrons. The summed E-state index contributed by atoms with van der Waals surface area (Å²) in [6.07, 6.45) is 0.927. The number of amides is 2. The molecule has 0 aliphatic heterocycles. The first-order valence-corrected chi connectivity index (χ1v) is 11.4. The van der Waals surface area contributed by atoms with E-state index in [9.17, 15) is 9.59 Å². The van der Waals surface area contributed by atoms with Crippen LogP contribution in [0.4, 0.5) is 0 Å². The van der Waals surface area contributed by atoms with Gasteiger partial charge < -0.3 is 9.47 Å². The second kappa shape index (κ2) is 12.8. The van der Waals surface area contributed by atoms with Crippen LogP contribution < -0.4 is 25.6 Å². The van der Waals surface area contributed by atoms with Gasteiger partial charge in [-0.15, -0.1) is 0 Å². The van der Waals surface area contributed by atoms with Crippen LogP contribution in [0.5, 0.6) is 11.5 Å². The second-order valence-corrected chi connectivity index (χ2v) is 8.91. The van der Waals surface area contributed by atoms with Crippen LogP contribution in [-0.2, 0) is 4.79 Å². The lowest BCUT2D eigenvalue weighted by Gasteiger charge is -2.15. The van der Waals surface area contributed by atoms with E-state index >= 15 is 0 Å². The fraction of sp³-hybridized carbons (Fsp3) is 0.400. The highest BCUT2D eigenvalue weighted by atomic mass is 32.1. The van der Waals surface area contributed by atoms with E-state index in [1.807, 2.05) is 25.1 Å². The Kier molecular flexibility index (Phi) is 10.1. The third kappa shape index (κ3) is 9.10. The number of thiocarbonyl (C=S) groups is 1. The lowest BCUT2D eigenvalue weighted by atomic mass is 10.0. The first kappa shape index (κ1) is 26.1. The summed E-state index contributed by atoms with van der Waals surface area (Å²) >= 11 is 5.10. The van der Waals surface area contributed by atoms with Crippen LogP contribution in [0, 0.1) is 12.8 Å². The van der Waals surface area contributed by atoms with Crippen LogP contribution >= 0.6 is 12.2 Å². The molecule has 0 saturated heterocycles. The summed E-state index contributed by atoms with van der Waals surface area (Å²) in [4.78, 5) is 24.6. The van der Waals surface area contributed by atoms with Crippen LogP contribution in [0.15, 0.2) is 42.5 Å². The molecule has 0 saturated carbocycles. The molecule has 2 rings (SSSR count). The van der Waals surface area contributed by atoms with Gasteiger partial charge in [-0.1, -0.05) is 45.9 Å². The first-order valence-electron chi connectivity index (χ1n) is 11.0. The minimum atomic E-state index is -0.427. The molecular weight excluding hydrogens is 438 g/mol. The molecule has 0 heterocycles. The topological polar surface area (TPSA) is 88.7 Å². The van der Waals surface area contributed by atoms with Gasteiger partial charge >= 0.3 is 0 Å². The molecule has 0 aromatic heterocycles. The zero-order valence-electron chi connectivity index (χ0n) is 19.9. The van der Waals surface area contributed by atoms with Crippen LogP contribution in [0.1, 0.15) is 61.5 Å². The third-order valence-corrected chi connectivity index (χ3v) is 4.96. The van der Waals surface area contributed by atoms with Gasteiger partial charge in [0.05, 0.1) is 6.61 Å². The highest BCUT2D eigenvalue weighted by molar-refractivity contribution is 7.80. The summed E-state index contributed by atoms with van der Waals surface area (Å²) in [6, 6.07) is 12.8. The SMILES string of the molecule is Cc1ccc(C(C)C)c(OCC(=O)NNC(=S)NC(=O)c2cccc(OCCC(C)C)c2)c1. The highest BCUT2D eigenvalue weighted by Gasteiger charge is 2.12. The van der Waals surface area contributed by atoms with Gasteiger partial charge in [-0.3, -0.25) is 25.8 Å². The van der Waals surface area contributed by atoms with Crippen molar-refractivity contribution in [1.29, 1.82) is 0 Å². The summed E-state index contributed by atoms with van der Waals surface area (Å²) in [5.41, 5.74) is 7.42. The maximum Gasteiger partial charge on any atom is 0.276 e. The second-order valence-electron chi connectivity index (χ2n) is 8.50. The smallest absolute Gasteiger partial charge is 0.276 e. The number of hydrogen-bond acceptors (Lipinski definition) is 5. The van der Waals surface area contributed by atoms with E-state index in [-0.39, 0.29) is 17.6 Å². The van der Waals surface area contributed by atoms with Crippen molar-refractivity contribution < 1.29 is 19.1 Å². The van der Waals surface area contributed by atoms with Crippen molar-refractivity contribution in [3.8, 4) is 11.5 Å². The third-order valence-electron chi connectivity index (χ3n) is 4.75. The molecule has 3 N–H and O–H groups in total. The van der Waals surface area contributed by atoms with Gasteiger partial charge in [-0.2, -0.15) is 0 Å². The van der Waals surface area contributed by atoms with Crippen molar-refractivity contribution in [3.63, 3.8) is 0 Å². The predicted molar refractivity (Wildman–Crippen MR) is 133 cm³/mol. The predicted octanol–water partition coefficient (Wildman–Crippen LogP) is 4.26. The standard InChI is InChI=1S/C25H33N3O4S/c1-16(2)11-12-31-20-8-6-7-19(14-20)24(30)26-25(33)28-27-23(29)15-32-22-13-18(5)9-10-21(22)17(3)4/h6-10,13-14,16-17H,11-12,15H2,1-5H3,(H,27,29)(H2,26,28,30,33). The number of hydrazine groups is 1. The molecule has 0 bridgehead atoms. The van der Waals surface area contributed by atoms with Crippen molar-refractivity contribution in [2.24, 2.45) is 5.92 Å². The molecule has 2 aromatic rings. The Hall–Kier alpha value is -3.13. The average Bonchev–Trinajstić information content (AvgIpc) is 2.76. The minimum absolute atomic E-state index is 0.0297. The van der Waals surface area contributed by atoms with Crippen LogP contribution in [0.2, 0.25) is 0 Å². The van der Waals surface area contributed by atoms with Gasteiger partial charge in [-0.25, -0.2) is 0 Å². The van der Waals surface area contributed by atoms with E-state index in [2.05, 4.69) is 43.9 Å². The van der Waals surface area contributed by atoms with Crippen LogP contribution in [-0.4, -0.2) is 30.1 Å². The fourth-order valence-electron chi connectivity index (χ4n) is 2.90. The van der Waals surface area contributed by atoms with E-state index in [0.717, 1.165) is 17.5 Å². The number of rotatable bonds is 9. The molecule has 7 nitrogen and oxygen atoms in total. The maximum absolute atomic E-state index is 12.4. The number of carbonyl (C=O) groups excluding carboxylic acids is 2. The van der Waals surface area contributed by atoms with Gasteiger partial charge in [0.1, 0.15) is 11.5 Å². The molecule has 2 amide bonds. The summed E-state index contributed by atoms with van der Waals surface area (Å²) in [6.45, 7) is 10.7. The van der Waals surface area contributed by atoms with Crippen LogP contribution in [0.3, 0.4) is 0 Å². The lowest BCUT2D eigenvalue weighted by molar-refractivity contribution is -0.123. The van der Waals surface area contributed by atoms with Crippen molar-refractivity contribution in [2.45, 2.75) is 47.0 Å². The lowest BCUT2D eigenvalue weighted by Crippen LogP contribution is -2.49. The Labute approximate surface area is 201 Å². The normalized spacial score (nSPS) is 10.6. The summed E-state index contributed by atoms with van der Waals surface area (Å²) in [5, 5.41) is 2.50. The Balaban J connectivity index is 1.80. The van der Waals surface area contributed by atoms with Crippen molar-refractivity contribution >= 4 is 29.1 Å². The molecule has 0 aliphatic rings. The number of nitrogens with one attached hydrogen (secondary N) is 3. The van der Waals surface area contributed by atoms with Gasteiger partial charge in [0, 0.05) is 5.56 Å². The van der Waals surface area contributed by atoms with Gasteiger partial charge in [0.15, 0.2) is 11.7 Å². The number of aryl methyl sites for hydroxylation is 1. The zero-order chi connectivity index (χ0) is 24.4. The van der Waals surface area contributed by atoms with Crippen LogP contribution in [0.25, 0.3) is 0 Å². The molecule has 0 atom stereocenters. The highest BCUT2D eigenvalue weighted by Crippen LogP contribution is 2.27. The summed E-state index contributed by atoms with van der Waals surface area (Å²) in [7, 11) is 0. The largest absolute Gasteiger partial charge is 0.494 e. The number of benzene rings is 2. The molecule has 0 unspecified atom stereocenters. The van der Waals surface area contributed by atoms with E-state index in [1.165, 1.54) is 0 Å². The molecule has 2 aromatic carbocycles. The minimum Gasteiger partial charge on any atom is -0.494 e. The van der Waals surface area contributed by atoms with Gasteiger partial charge in [0.2, 0.25) is 0 Å². The van der Waals surface area contributed by atoms with Gasteiger partial charge in [-0.05, 0) is 72.8 Å². The van der Waals surface area contributed by atoms with E-state index in [1.54, 1.807) is 24.3 Å². The number of ether oxygens (including phenoxy) is 2. The fourth-order valence-corrected chi connectivity index (χ4v) is 3.04. The summed E-state index contributed by atoms with van der Waals surface area (Å²) < 4.78 is 11.4. The molecule has 0 spiro atoms. The van der Waals surface area contributed by atoms with Gasteiger partial charge in [0.25, 0.3) is 11.8 Å². The monoisotopic (exact) mass is 471 g/mol. The van der Waals surface area contributed by atoms with Crippen molar-refractivity contribution in [2.75, 3.05) is 13.2 Å². The Morgan fingerprint density at radius 1 is 1.00 bits per heavy atom. The quantitative estimate of drug-likeness (QED) is 0.374. The molecule has 33 heavy (non-hydrogen) atoms. The number of carbonyl (C=O) groups is 2. The Bertz CT molecular complexity index is 976. The average molecular weight is 472 g/mol. The van der Waals surface area contributed by atoms with Crippen molar-refractivity contribution in [3.05, 3.63) is 59.2 Å². The molecule has 0 aliphatic carbocycles. The number of hydrogen-bond donors (Lipinski definition) is 3. The molecule has 8 heteroatoms. The molecule has 0 fully saturated rings. The summed E-state index contributed by atoms with van der Waals surface area (Å²) in [5.74, 6) is 1.26. The van der Waals surface area contributed by atoms with E-state index in [4.69, 9.17) is 21.7 Å². The Morgan fingerprint density at radius 3 is 2.45 bits per heavy atom. The first-order chi connectivity index (χ1) is 15.7. The Morgan fingerprint density at radius 2 is 1.76 bits per heavy atom. The molecular formula is C25H33N3O4S. The van der Waals surface area contributed by atoms with Crippen molar-refractivity contribution in [1.82, 2.24) is 16.2 Å². The van der Waals surface area contributed by atoms with E-state index in [0.29, 0.717) is 29.6 Å². The zero-order valence-corrected chi connectivity index (χ0v) is 20.7. The maximum atomic E-state index is 12.4. The molecule has 0 radical (unpaired) electrons. The van der Waals surface area contributed by atoms with E-state index < -0.39 is 11.8 Å².